The van der Waals surface area contributed by atoms with Crippen LogP contribution in [-0.2, 0) is 0 Å². The Morgan fingerprint density at radius 2 is 1.97 bits per heavy atom. The number of H-pyrrole nitrogens is 1. The van der Waals surface area contributed by atoms with E-state index in [-0.39, 0.29) is 11.5 Å². The lowest BCUT2D eigenvalue weighted by Crippen LogP contribution is -2.13. The van der Waals surface area contributed by atoms with Crippen LogP contribution in [0, 0.1) is 6.92 Å². The van der Waals surface area contributed by atoms with Gasteiger partial charge in [0.2, 0.25) is 0 Å². The lowest BCUT2D eigenvalue weighted by molar-refractivity contribution is 0.102. The maximum absolute atomic E-state index is 12.7. The second-order valence-corrected chi connectivity index (χ2v) is 6.84. The molecule has 156 valence electrons. The van der Waals surface area contributed by atoms with Crippen molar-refractivity contribution < 1.29 is 14.3 Å². The summed E-state index contributed by atoms with van der Waals surface area (Å²) in [7, 11) is 1.54. The van der Waals surface area contributed by atoms with E-state index in [2.05, 4.69) is 22.2 Å². The van der Waals surface area contributed by atoms with Gasteiger partial charge in [-0.2, -0.15) is 0 Å². The predicted octanol–water partition coefficient (Wildman–Crippen LogP) is 4.19. The number of ether oxygens (including phenoxy) is 2. The summed E-state index contributed by atoms with van der Waals surface area (Å²) < 4.78 is 11.1. The van der Waals surface area contributed by atoms with Crippen LogP contribution in [0.3, 0.4) is 0 Å². The number of hydrogen-bond acceptors (Lipinski definition) is 5. The zero-order valence-corrected chi connectivity index (χ0v) is 17.3. The van der Waals surface area contributed by atoms with Gasteiger partial charge in [-0.3, -0.25) is 9.59 Å². The number of aryl methyl sites for hydroxylation is 1. The fourth-order valence-corrected chi connectivity index (χ4v) is 2.92. The van der Waals surface area contributed by atoms with Gasteiger partial charge in [-0.25, -0.2) is 4.98 Å². The lowest BCUT2D eigenvalue weighted by Gasteiger charge is -2.12. The molecule has 0 saturated heterocycles. The van der Waals surface area contributed by atoms with Crippen molar-refractivity contribution >= 4 is 11.6 Å². The maximum Gasteiger partial charge on any atom is 0.255 e. The second-order valence-electron chi connectivity index (χ2n) is 6.84. The van der Waals surface area contributed by atoms with Gasteiger partial charge < -0.3 is 19.8 Å². The average molecular weight is 407 g/mol. The zero-order chi connectivity index (χ0) is 21.5. The highest BCUT2D eigenvalue weighted by Crippen LogP contribution is 2.29. The number of aromatic amines is 1. The third-order valence-corrected chi connectivity index (χ3v) is 4.44. The monoisotopic (exact) mass is 407 g/mol. The number of rotatable bonds is 8. The summed E-state index contributed by atoms with van der Waals surface area (Å²) in [5.41, 5.74) is 2.13. The Morgan fingerprint density at radius 1 is 1.13 bits per heavy atom. The normalized spacial score (nSPS) is 10.5. The van der Waals surface area contributed by atoms with Crippen LogP contribution in [-0.4, -0.2) is 29.6 Å². The van der Waals surface area contributed by atoms with Crippen LogP contribution in [0.15, 0.2) is 53.3 Å². The first kappa shape index (κ1) is 21.1. The fraction of sp³-hybridized carbons (Fsp3) is 0.261. The molecule has 1 heterocycles. The van der Waals surface area contributed by atoms with Crippen LogP contribution >= 0.6 is 0 Å². The first-order valence-corrected chi connectivity index (χ1v) is 9.80. The van der Waals surface area contributed by atoms with Crippen molar-refractivity contribution in [1.82, 2.24) is 9.97 Å². The minimum absolute atomic E-state index is 0.222. The number of nitrogens with zero attached hydrogens (tertiary/aromatic N) is 1. The Morgan fingerprint density at radius 3 is 2.70 bits per heavy atom. The largest absolute Gasteiger partial charge is 0.493 e. The van der Waals surface area contributed by atoms with Crippen molar-refractivity contribution in [1.29, 1.82) is 0 Å². The SMILES string of the molecule is CCCCOc1ccc(C(=O)Nc2cccc(-c3nc(C)cc(=O)[nH]3)c2)cc1OC. The number of methoxy groups -OCH3 is 1. The average Bonchev–Trinajstić information content (AvgIpc) is 2.73. The van der Waals surface area contributed by atoms with Gasteiger partial charge in [0.1, 0.15) is 5.82 Å². The van der Waals surface area contributed by atoms with Crippen molar-refractivity contribution in [3.05, 3.63) is 70.1 Å². The van der Waals surface area contributed by atoms with Gasteiger partial charge >= 0.3 is 0 Å². The van der Waals surface area contributed by atoms with E-state index in [1.54, 1.807) is 50.4 Å². The Kier molecular flexibility index (Phi) is 6.85. The summed E-state index contributed by atoms with van der Waals surface area (Å²) in [5, 5.41) is 2.87. The van der Waals surface area contributed by atoms with Crippen LogP contribution in [0.1, 0.15) is 35.8 Å². The van der Waals surface area contributed by atoms with Crippen LogP contribution in [0.25, 0.3) is 11.4 Å². The van der Waals surface area contributed by atoms with Crippen molar-refractivity contribution in [3.63, 3.8) is 0 Å². The van der Waals surface area contributed by atoms with Crippen LogP contribution in [0.2, 0.25) is 0 Å². The molecule has 0 unspecified atom stereocenters. The summed E-state index contributed by atoms with van der Waals surface area (Å²) in [6, 6.07) is 13.7. The zero-order valence-electron chi connectivity index (χ0n) is 17.3. The molecule has 2 aromatic carbocycles. The minimum atomic E-state index is -0.281. The molecule has 3 rings (SSSR count). The van der Waals surface area contributed by atoms with Gasteiger partial charge in [-0.05, 0) is 43.7 Å². The van der Waals surface area contributed by atoms with E-state index in [0.717, 1.165) is 12.8 Å². The van der Waals surface area contributed by atoms with Crippen molar-refractivity contribution in [2.45, 2.75) is 26.7 Å². The van der Waals surface area contributed by atoms with E-state index in [1.165, 1.54) is 6.07 Å². The number of aromatic nitrogens is 2. The Labute approximate surface area is 175 Å². The molecule has 7 nitrogen and oxygen atoms in total. The number of carbonyl (C=O) groups excluding carboxylic acids is 1. The molecule has 7 heteroatoms. The molecule has 0 spiro atoms. The molecular formula is C23H25N3O4. The molecule has 0 atom stereocenters. The third-order valence-electron chi connectivity index (χ3n) is 4.44. The van der Waals surface area contributed by atoms with Gasteiger partial charge in [0.15, 0.2) is 11.5 Å². The fourth-order valence-electron chi connectivity index (χ4n) is 2.92. The molecule has 0 radical (unpaired) electrons. The highest BCUT2D eigenvalue weighted by molar-refractivity contribution is 6.04. The van der Waals surface area contributed by atoms with E-state index in [9.17, 15) is 9.59 Å². The molecule has 2 N–H and O–H groups in total. The smallest absolute Gasteiger partial charge is 0.255 e. The van der Waals surface area contributed by atoms with Crippen LogP contribution in [0.4, 0.5) is 5.69 Å². The van der Waals surface area contributed by atoms with Crippen LogP contribution < -0.4 is 20.3 Å². The van der Waals surface area contributed by atoms with Gasteiger partial charge in [-0.15, -0.1) is 0 Å². The summed E-state index contributed by atoms with van der Waals surface area (Å²) in [5.74, 6) is 1.29. The lowest BCUT2D eigenvalue weighted by atomic mass is 10.1. The number of hydrogen-bond donors (Lipinski definition) is 2. The highest BCUT2D eigenvalue weighted by atomic mass is 16.5. The summed E-state index contributed by atoms with van der Waals surface area (Å²) >= 11 is 0. The van der Waals surface area contributed by atoms with E-state index in [0.29, 0.717) is 46.4 Å². The molecule has 30 heavy (non-hydrogen) atoms. The highest BCUT2D eigenvalue weighted by Gasteiger charge is 2.12. The van der Waals surface area contributed by atoms with Gasteiger partial charge in [0, 0.05) is 28.6 Å². The number of amides is 1. The van der Waals surface area contributed by atoms with Crippen molar-refractivity contribution in [2.24, 2.45) is 0 Å². The topological polar surface area (TPSA) is 93.3 Å². The van der Waals surface area contributed by atoms with E-state index < -0.39 is 0 Å². The molecule has 0 bridgehead atoms. The molecule has 0 fully saturated rings. The van der Waals surface area contributed by atoms with E-state index >= 15 is 0 Å². The number of unbranched alkanes of at least 4 members (excludes halogenated alkanes) is 1. The van der Waals surface area contributed by atoms with Gasteiger partial charge in [0.25, 0.3) is 11.5 Å². The van der Waals surface area contributed by atoms with Gasteiger partial charge in [-0.1, -0.05) is 25.5 Å². The molecule has 0 aliphatic carbocycles. The summed E-state index contributed by atoms with van der Waals surface area (Å²) in [4.78, 5) is 31.5. The first-order valence-electron chi connectivity index (χ1n) is 9.80. The quantitative estimate of drug-likeness (QED) is 0.546. The predicted molar refractivity (Wildman–Crippen MR) is 116 cm³/mol. The first-order chi connectivity index (χ1) is 14.5. The van der Waals surface area contributed by atoms with Crippen LogP contribution in [0.5, 0.6) is 11.5 Å². The van der Waals surface area contributed by atoms with Crippen molar-refractivity contribution in [2.75, 3.05) is 19.0 Å². The molecule has 3 aromatic rings. The third kappa shape index (κ3) is 5.26. The second kappa shape index (κ2) is 9.73. The molecular weight excluding hydrogens is 382 g/mol. The van der Waals surface area contributed by atoms with Crippen molar-refractivity contribution in [3.8, 4) is 22.9 Å². The molecule has 1 amide bonds. The Bertz CT molecular complexity index is 1090. The summed E-state index contributed by atoms with van der Waals surface area (Å²) in [6.45, 7) is 4.45. The minimum Gasteiger partial charge on any atom is -0.493 e. The number of benzene rings is 2. The van der Waals surface area contributed by atoms with E-state index in [4.69, 9.17) is 9.47 Å². The maximum atomic E-state index is 12.7. The molecule has 0 aliphatic rings. The standard InChI is InChI=1S/C23H25N3O4/c1-4-5-11-30-19-10-9-17(14-20(19)29-3)23(28)25-18-8-6-7-16(13-18)22-24-15(2)12-21(27)26-22/h6-10,12-14H,4-5,11H2,1-3H3,(H,25,28)(H,24,26,27). The van der Waals surface area contributed by atoms with Gasteiger partial charge in [0.05, 0.1) is 13.7 Å². The summed E-state index contributed by atoms with van der Waals surface area (Å²) in [6.07, 6.45) is 1.98. The Hall–Kier alpha value is -3.61. The Balaban J connectivity index is 1.78. The number of nitrogens with one attached hydrogen (secondary N) is 2. The van der Waals surface area contributed by atoms with E-state index in [1.807, 2.05) is 6.07 Å². The molecule has 1 aromatic heterocycles. The molecule has 0 aliphatic heterocycles. The number of carbonyl (C=O) groups is 1. The number of anilines is 1. The molecule has 0 saturated carbocycles.